The predicted octanol–water partition coefficient (Wildman–Crippen LogP) is 1.93. The number of benzene rings is 1. The Kier molecular flexibility index (Phi) is 2.86. The molecule has 1 aliphatic heterocycles. The molecule has 3 nitrogen and oxygen atoms in total. The van der Waals surface area contributed by atoms with E-state index in [1.807, 2.05) is 6.07 Å². The SMILES string of the molecule is Cc1cccc(C2(C(=O)NC3COC3)CCC2)c1. The van der Waals surface area contributed by atoms with Crippen molar-refractivity contribution in [1.29, 1.82) is 0 Å². The van der Waals surface area contributed by atoms with Crippen molar-refractivity contribution in [1.82, 2.24) is 5.32 Å². The van der Waals surface area contributed by atoms with Crippen LogP contribution in [0.4, 0.5) is 0 Å². The summed E-state index contributed by atoms with van der Waals surface area (Å²) < 4.78 is 5.11. The Balaban J connectivity index is 1.82. The molecule has 1 heterocycles. The maximum Gasteiger partial charge on any atom is 0.231 e. The second-order valence-corrected chi connectivity index (χ2v) is 5.51. The first-order chi connectivity index (χ1) is 8.71. The quantitative estimate of drug-likeness (QED) is 0.883. The molecule has 0 spiro atoms. The van der Waals surface area contributed by atoms with Crippen molar-refractivity contribution < 1.29 is 9.53 Å². The van der Waals surface area contributed by atoms with E-state index in [2.05, 4.69) is 30.4 Å². The van der Waals surface area contributed by atoms with Crippen LogP contribution in [0.3, 0.4) is 0 Å². The minimum absolute atomic E-state index is 0.188. The van der Waals surface area contributed by atoms with Crippen molar-refractivity contribution in [2.24, 2.45) is 0 Å². The van der Waals surface area contributed by atoms with Crippen molar-refractivity contribution in [2.75, 3.05) is 13.2 Å². The van der Waals surface area contributed by atoms with E-state index in [0.29, 0.717) is 13.2 Å². The minimum atomic E-state index is -0.276. The molecule has 2 fully saturated rings. The molecule has 1 N–H and O–H groups in total. The number of rotatable bonds is 3. The van der Waals surface area contributed by atoms with Gasteiger partial charge in [-0.25, -0.2) is 0 Å². The molecule has 1 amide bonds. The second kappa shape index (κ2) is 4.39. The summed E-state index contributed by atoms with van der Waals surface area (Å²) in [6.45, 7) is 3.40. The van der Waals surface area contributed by atoms with Gasteiger partial charge in [0.1, 0.15) is 0 Å². The van der Waals surface area contributed by atoms with E-state index < -0.39 is 0 Å². The lowest BCUT2D eigenvalue weighted by Crippen LogP contribution is -2.57. The zero-order valence-electron chi connectivity index (χ0n) is 10.7. The standard InChI is InChI=1S/C15H19NO2/c1-11-4-2-5-12(8-11)15(6-3-7-15)14(17)16-13-9-18-10-13/h2,4-5,8,13H,3,6-7,9-10H2,1H3,(H,16,17). The Hall–Kier alpha value is -1.35. The van der Waals surface area contributed by atoms with Crippen LogP contribution in [0.15, 0.2) is 24.3 Å². The molecule has 1 saturated carbocycles. The molecule has 3 rings (SSSR count). The number of carbonyl (C=O) groups excluding carboxylic acids is 1. The molecule has 0 radical (unpaired) electrons. The summed E-state index contributed by atoms with van der Waals surface area (Å²) in [5.41, 5.74) is 2.12. The van der Waals surface area contributed by atoms with Crippen LogP contribution in [0.1, 0.15) is 30.4 Å². The normalized spacial score (nSPS) is 21.8. The first kappa shape index (κ1) is 11.7. The van der Waals surface area contributed by atoms with E-state index >= 15 is 0 Å². The van der Waals surface area contributed by atoms with Crippen molar-refractivity contribution in [3.05, 3.63) is 35.4 Å². The summed E-state index contributed by atoms with van der Waals surface area (Å²) in [5.74, 6) is 0.188. The van der Waals surface area contributed by atoms with Crippen LogP contribution in [0.25, 0.3) is 0 Å². The predicted molar refractivity (Wildman–Crippen MR) is 69.5 cm³/mol. The third-order valence-electron chi connectivity index (χ3n) is 4.19. The molecule has 96 valence electrons. The number of carbonyl (C=O) groups is 1. The lowest BCUT2D eigenvalue weighted by atomic mass is 9.63. The molecule has 2 aliphatic rings. The molecule has 0 unspecified atom stereocenters. The van der Waals surface area contributed by atoms with Crippen LogP contribution in [-0.4, -0.2) is 25.2 Å². The smallest absolute Gasteiger partial charge is 0.231 e. The molecule has 1 aromatic carbocycles. The highest BCUT2D eigenvalue weighted by Gasteiger charge is 2.46. The van der Waals surface area contributed by atoms with Gasteiger partial charge in [-0.05, 0) is 25.3 Å². The first-order valence-electron chi connectivity index (χ1n) is 6.67. The molecule has 18 heavy (non-hydrogen) atoms. The number of nitrogens with one attached hydrogen (secondary N) is 1. The van der Waals surface area contributed by atoms with E-state index in [-0.39, 0.29) is 17.4 Å². The van der Waals surface area contributed by atoms with Gasteiger partial charge >= 0.3 is 0 Å². The molecular weight excluding hydrogens is 226 g/mol. The van der Waals surface area contributed by atoms with Crippen molar-refractivity contribution in [2.45, 2.75) is 37.6 Å². The fourth-order valence-corrected chi connectivity index (χ4v) is 2.76. The lowest BCUT2D eigenvalue weighted by molar-refractivity contribution is -0.134. The molecule has 1 saturated heterocycles. The number of aryl methyl sites for hydroxylation is 1. The Labute approximate surface area is 108 Å². The number of amides is 1. The molecule has 1 aliphatic carbocycles. The lowest BCUT2D eigenvalue weighted by Gasteiger charge is -2.42. The van der Waals surface area contributed by atoms with Crippen LogP contribution in [0.2, 0.25) is 0 Å². The summed E-state index contributed by atoms with van der Waals surface area (Å²) in [4.78, 5) is 12.5. The average molecular weight is 245 g/mol. The second-order valence-electron chi connectivity index (χ2n) is 5.51. The zero-order valence-corrected chi connectivity index (χ0v) is 10.7. The van der Waals surface area contributed by atoms with Crippen molar-refractivity contribution in [3.8, 4) is 0 Å². The van der Waals surface area contributed by atoms with E-state index in [1.165, 1.54) is 11.1 Å². The van der Waals surface area contributed by atoms with Crippen LogP contribution in [0.5, 0.6) is 0 Å². The van der Waals surface area contributed by atoms with Crippen LogP contribution in [-0.2, 0) is 14.9 Å². The Morgan fingerprint density at radius 3 is 2.67 bits per heavy atom. The molecule has 3 heteroatoms. The van der Waals surface area contributed by atoms with E-state index in [1.54, 1.807) is 0 Å². The van der Waals surface area contributed by atoms with Gasteiger partial charge in [-0.15, -0.1) is 0 Å². The summed E-state index contributed by atoms with van der Waals surface area (Å²) in [5, 5.41) is 3.11. The van der Waals surface area contributed by atoms with Crippen LogP contribution >= 0.6 is 0 Å². The van der Waals surface area contributed by atoms with Gasteiger partial charge in [-0.2, -0.15) is 0 Å². The minimum Gasteiger partial charge on any atom is -0.377 e. The maximum atomic E-state index is 12.5. The van der Waals surface area contributed by atoms with E-state index in [4.69, 9.17) is 4.74 Å². The number of hydrogen-bond donors (Lipinski definition) is 1. The van der Waals surface area contributed by atoms with Crippen molar-refractivity contribution in [3.63, 3.8) is 0 Å². The third-order valence-corrected chi connectivity index (χ3v) is 4.19. The molecule has 1 aromatic rings. The Bertz CT molecular complexity index is 461. The van der Waals surface area contributed by atoms with Gasteiger partial charge in [-0.3, -0.25) is 4.79 Å². The molecular formula is C15H19NO2. The highest BCUT2D eigenvalue weighted by atomic mass is 16.5. The number of hydrogen-bond acceptors (Lipinski definition) is 2. The van der Waals surface area contributed by atoms with Gasteiger partial charge in [0.15, 0.2) is 0 Å². The fraction of sp³-hybridized carbons (Fsp3) is 0.533. The monoisotopic (exact) mass is 245 g/mol. The van der Waals surface area contributed by atoms with Gasteiger partial charge in [0.05, 0.1) is 24.7 Å². The van der Waals surface area contributed by atoms with Gasteiger partial charge in [0.2, 0.25) is 5.91 Å². The van der Waals surface area contributed by atoms with Gasteiger partial charge in [0, 0.05) is 0 Å². The molecule has 0 bridgehead atoms. The summed E-state index contributed by atoms with van der Waals surface area (Å²) in [6.07, 6.45) is 3.08. The van der Waals surface area contributed by atoms with Gasteiger partial charge in [0.25, 0.3) is 0 Å². The first-order valence-corrected chi connectivity index (χ1v) is 6.67. The summed E-state index contributed by atoms with van der Waals surface area (Å²) in [7, 11) is 0. The van der Waals surface area contributed by atoms with Crippen LogP contribution in [0, 0.1) is 6.92 Å². The summed E-state index contributed by atoms with van der Waals surface area (Å²) >= 11 is 0. The van der Waals surface area contributed by atoms with Gasteiger partial charge < -0.3 is 10.1 Å². The largest absolute Gasteiger partial charge is 0.377 e. The Morgan fingerprint density at radius 2 is 2.17 bits per heavy atom. The molecule has 0 atom stereocenters. The van der Waals surface area contributed by atoms with E-state index in [9.17, 15) is 4.79 Å². The topological polar surface area (TPSA) is 38.3 Å². The summed E-state index contributed by atoms with van der Waals surface area (Å²) in [6, 6.07) is 8.58. The average Bonchev–Trinajstić information content (AvgIpc) is 2.22. The number of ether oxygens (including phenoxy) is 1. The highest BCUT2D eigenvalue weighted by Crippen LogP contribution is 2.44. The Morgan fingerprint density at radius 1 is 1.39 bits per heavy atom. The van der Waals surface area contributed by atoms with Gasteiger partial charge in [-0.1, -0.05) is 36.2 Å². The zero-order chi connectivity index (χ0) is 12.6. The van der Waals surface area contributed by atoms with Crippen LogP contribution < -0.4 is 5.32 Å². The maximum absolute atomic E-state index is 12.5. The molecule has 0 aromatic heterocycles. The third kappa shape index (κ3) is 1.83. The highest BCUT2D eigenvalue weighted by molar-refractivity contribution is 5.89. The van der Waals surface area contributed by atoms with Crippen molar-refractivity contribution >= 4 is 5.91 Å². The van der Waals surface area contributed by atoms with E-state index in [0.717, 1.165) is 19.3 Å². The fourth-order valence-electron chi connectivity index (χ4n) is 2.76.